The Balaban J connectivity index is 1.93. The van der Waals surface area contributed by atoms with Crippen molar-refractivity contribution >= 4 is 22.7 Å². The Morgan fingerprint density at radius 3 is 2.94 bits per heavy atom. The number of benzene rings is 1. The van der Waals surface area contributed by atoms with Crippen LogP contribution in [0, 0.1) is 11.3 Å². The van der Waals surface area contributed by atoms with Crippen LogP contribution in [0.25, 0.3) is 10.9 Å². The smallest absolute Gasteiger partial charge is 0.0705 e. The van der Waals surface area contributed by atoms with E-state index in [0.717, 1.165) is 29.1 Å². The second-order valence-corrected chi connectivity index (χ2v) is 4.91. The molecule has 2 nitrogen and oxygen atoms in total. The van der Waals surface area contributed by atoms with Crippen molar-refractivity contribution in [1.29, 1.82) is 5.26 Å². The van der Waals surface area contributed by atoms with E-state index in [2.05, 4.69) is 29.3 Å². The van der Waals surface area contributed by atoms with Gasteiger partial charge < -0.3 is 0 Å². The molecule has 1 heterocycles. The van der Waals surface area contributed by atoms with Crippen molar-refractivity contribution in [3.63, 3.8) is 0 Å². The normalized spacial score (nSPS) is 10.3. The molecule has 0 atom stereocenters. The molecular weight excluding hydrogens is 228 g/mol. The van der Waals surface area contributed by atoms with Gasteiger partial charge in [0.25, 0.3) is 0 Å². The van der Waals surface area contributed by atoms with Crippen LogP contribution in [0.1, 0.15) is 18.5 Å². The van der Waals surface area contributed by atoms with Crippen molar-refractivity contribution in [3.05, 3.63) is 42.1 Å². The van der Waals surface area contributed by atoms with Crippen LogP contribution in [0.5, 0.6) is 0 Å². The van der Waals surface area contributed by atoms with Gasteiger partial charge in [-0.2, -0.15) is 17.0 Å². The van der Waals surface area contributed by atoms with Crippen LogP contribution in [0.4, 0.5) is 0 Å². The number of fused-ring (bicyclic) bond motifs is 1. The number of hydrogen-bond acceptors (Lipinski definition) is 3. The number of aromatic nitrogens is 1. The molecule has 2 aromatic rings. The Hall–Kier alpha value is -1.53. The average Bonchev–Trinajstić information content (AvgIpc) is 2.38. The molecule has 0 amide bonds. The molecule has 0 N–H and O–H groups in total. The molecule has 1 aromatic heterocycles. The lowest BCUT2D eigenvalue weighted by atomic mass is 10.2. The van der Waals surface area contributed by atoms with Crippen LogP contribution in [0.2, 0.25) is 0 Å². The SMILES string of the molecule is N#CCCCSCc1ccc2ccccc2n1. The quantitative estimate of drug-likeness (QED) is 0.749. The topological polar surface area (TPSA) is 36.7 Å². The first-order valence-electron chi connectivity index (χ1n) is 5.69. The molecule has 0 unspecified atom stereocenters. The number of para-hydroxylation sites is 1. The Morgan fingerprint density at radius 1 is 1.18 bits per heavy atom. The molecular formula is C14H14N2S. The van der Waals surface area contributed by atoms with E-state index in [1.54, 1.807) is 0 Å². The Labute approximate surface area is 106 Å². The molecule has 0 aliphatic carbocycles. The lowest BCUT2D eigenvalue weighted by Gasteiger charge is -2.02. The van der Waals surface area contributed by atoms with Gasteiger partial charge in [-0.1, -0.05) is 24.3 Å². The standard InChI is InChI=1S/C14H14N2S/c15-9-3-4-10-17-11-13-8-7-12-5-1-2-6-14(12)16-13/h1-2,5-8H,3-4,10-11H2. The summed E-state index contributed by atoms with van der Waals surface area (Å²) in [6.45, 7) is 0. The largest absolute Gasteiger partial charge is 0.252 e. The van der Waals surface area contributed by atoms with Gasteiger partial charge in [0.1, 0.15) is 0 Å². The van der Waals surface area contributed by atoms with Gasteiger partial charge in [-0.3, -0.25) is 4.98 Å². The number of rotatable bonds is 5. The van der Waals surface area contributed by atoms with E-state index >= 15 is 0 Å². The van der Waals surface area contributed by atoms with Crippen LogP contribution in [-0.4, -0.2) is 10.7 Å². The zero-order valence-electron chi connectivity index (χ0n) is 9.60. The summed E-state index contributed by atoms with van der Waals surface area (Å²) in [5, 5.41) is 9.62. The molecule has 0 saturated carbocycles. The zero-order chi connectivity index (χ0) is 11.9. The van der Waals surface area contributed by atoms with Crippen molar-refractivity contribution in [1.82, 2.24) is 4.98 Å². The number of nitrogens with zero attached hydrogens (tertiary/aromatic N) is 2. The lowest BCUT2D eigenvalue weighted by molar-refractivity contribution is 0.980. The third kappa shape index (κ3) is 3.47. The van der Waals surface area contributed by atoms with E-state index in [-0.39, 0.29) is 0 Å². The fraction of sp³-hybridized carbons (Fsp3) is 0.286. The van der Waals surface area contributed by atoms with Crippen molar-refractivity contribution in [2.24, 2.45) is 0 Å². The molecule has 1 aromatic carbocycles. The van der Waals surface area contributed by atoms with Gasteiger partial charge in [0.05, 0.1) is 17.3 Å². The number of unbranched alkanes of at least 4 members (excludes halogenated alkanes) is 1. The van der Waals surface area contributed by atoms with Gasteiger partial charge in [0.15, 0.2) is 0 Å². The summed E-state index contributed by atoms with van der Waals surface area (Å²) in [4.78, 5) is 4.61. The number of nitriles is 1. The van der Waals surface area contributed by atoms with Crippen LogP contribution in [0.3, 0.4) is 0 Å². The van der Waals surface area contributed by atoms with Crippen molar-refractivity contribution in [2.45, 2.75) is 18.6 Å². The fourth-order valence-electron chi connectivity index (χ4n) is 1.62. The van der Waals surface area contributed by atoms with E-state index in [0.29, 0.717) is 6.42 Å². The molecule has 2 rings (SSSR count). The minimum absolute atomic E-state index is 0.651. The molecule has 0 spiro atoms. The predicted octanol–water partition coefficient (Wildman–Crippen LogP) is 3.77. The third-order valence-corrected chi connectivity index (χ3v) is 3.56. The van der Waals surface area contributed by atoms with Crippen LogP contribution in [0.15, 0.2) is 36.4 Å². The van der Waals surface area contributed by atoms with Crippen molar-refractivity contribution in [2.75, 3.05) is 5.75 Å². The maximum Gasteiger partial charge on any atom is 0.0705 e. The first-order chi connectivity index (χ1) is 8.40. The number of hydrogen-bond donors (Lipinski definition) is 0. The maximum absolute atomic E-state index is 8.43. The average molecular weight is 242 g/mol. The maximum atomic E-state index is 8.43. The molecule has 0 saturated heterocycles. The Morgan fingerprint density at radius 2 is 2.06 bits per heavy atom. The van der Waals surface area contributed by atoms with E-state index in [4.69, 9.17) is 5.26 Å². The van der Waals surface area contributed by atoms with Crippen molar-refractivity contribution < 1.29 is 0 Å². The molecule has 17 heavy (non-hydrogen) atoms. The van der Waals surface area contributed by atoms with Crippen LogP contribution in [-0.2, 0) is 5.75 Å². The highest BCUT2D eigenvalue weighted by Crippen LogP contribution is 2.16. The highest BCUT2D eigenvalue weighted by atomic mass is 32.2. The fourth-order valence-corrected chi connectivity index (χ4v) is 2.48. The summed E-state index contributed by atoms with van der Waals surface area (Å²) in [6, 6.07) is 14.5. The predicted molar refractivity (Wildman–Crippen MR) is 72.8 cm³/mol. The number of pyridine rings is 1. The van der Waals surface area contributed by atoms with Crippen molar-refractivity contribution in [3.8, 4) is 6.07 Å². The first-order valence-corrected chi connectivity index (χ1v) is 6.85. The van der Waals surface area contributed by atoms with Crippen LogP contribution < -0.4 is 0 Å². The van der Waals surface area contributed by atoms with Gasteiger partial charge in [0, 0.05) is 17.6 Å². The summed E-state index contributed by atoms with van der Waals surface area (Å²) in [5.41, 5.74) is 2.17. The molecule has 0 fully saturated rings. The minimum Gasteiger partial charge on any atom is -0.252 e. The summed E-state index contributed by atoms with van der Waals surface area (Å²) in [6.07, 6.45) is 1.62. The lowest BCUT2D eigenvalue weighted by Crippen LogP contribution is -1.89. The molecule has 0 radical (unpaired) electrons. The van der Waals surface area contributed by atoms with Gasteiger partial charge in [-0.15, -0.1) is 0 Å². The second-order valence-electron chi connectivity index (χ2n) is 3.81. The molecule has 0 aliphatic heterocycles. The van der Waals surface area contributed by atoms with Gasteiger partial charge in [0.2, 0.25) is 0 Å². The summed E-state index contributed by atoms with van der Waals surface area (Å²) in [5.74, 6) is 1.96. The van der Waals surface area contributed by atoms with Gasteiger partial charge in [-0.25, -0.2) is 0 Å². The monoisotopic (exact) mass is 242 g/mol. The van der Waals surface area contributed by atoms with E-state index in [1.165, 1.54) is 5.39 Å². The van der Waals surface area contributed by atoms with Gasteiger partial charge >= 0.3 is 0 Å². The molecule has 0 bridgehead atoms. The van der Waals surface area contributed by atoms with Crippen LogP contribution >= 0.6 is 11.8 Å². The Bertz CT molecular complexity index is 531. The summed E-state index contributed by atoms with van der Waals surface area (Å²) < 4.78 is 0. The van der Waals surface area contributed by atoms with E-state index in [1.807, 2.05) is 30.0 Å². The molecule has 86 valence electrons. The van der Waals surface area contributed by atoms with E-state index in [9.17, 15) is 0 Å². The van der Waals surface area contributed by atoms with E-state index < -0.39 is 0 Å². The minimum atomic E-state index is 0.651. The second kappa shape index (κ2) is 6.27. The first kappa shape index (κ1) is 11.9. The zero-order valence-corrected chi connectivity index (χ0v) is 10.4. The molecule has 3 heteroatoms. The third-order valence-electron chi connectivity index (χ3n) is 2.48. The highest BCUT2D eigenvalue weighted by Gasteiger charge is 1.98. The highest BCUT2D eigenvalue weighted by molar-refractivity contribution is 7.98. The summed E-state index contributed by atoms with van der Waals surface area (Å²) >= 11 is 1.84. The van der Waals surface area contributed by atoms with Gasteiger partial charge in [-0.05, 0) is 24.3 Å². The Kier molecular flexibility index (Phi) is 4.40. The summed E-state index contributed by atoms with van der Waals surface area (Å²) in [7, 11) is 0. The molecule has 0 aliphatic rings. The number of thioether (sulfide) groups is 1.